The third-order valence-electron chi connectivity index (χ3n) is 2.41. The van der Waals surface area contributed by atoms with Crippen molar-refractivity contribution in [2.24, 2.45) is 5.73 Å². The highest BCUT2D eigenvalue weighted by Crippen LogP contribution is 2.10. The van der Waals surface area contributed by atoms with E-state index in [1.54, 1.807) is 19.2 Å². The first kappa shape index (κ1) is 16.3. The summed E-state index contributed by atoms with van der Waals surface area (Å²) in [5.41, 5.74) is 5.64. The molecule has 0 saturated heterocycles. The Kier molecular flexibility index (Phi) is 6.36. The van der Waals surface area contributed by atoms with Gasteiger partial charge in [-0.05, 0) is 25.1 Å². The summed E-state index contributed by atoms with van der Waals surface area (Å²) >= 11 is 0. The average Bonchev–Trinajstić information content (AvgIpc) is 2.35. The van der Waals surface area contributed by atoms with Crippen molar-refractivity contribution in [2.75, 3.05) is 18.6 Å². The van der Waals surface area contributed by atoms with Crippen molar-refractivity contribution in [1.82, 2.24) is 5.32 Å². The van der Waals surface area contributed by atoms with Crippen LogP contribution < -0.4 is 11.1 Å². The van der Waals surface area contributed by atoms with Gasteiger partial charge in [-0.15, -0.1) is 0 Å². The van der Waals surface area contributed by atoms with Gasteiger partial charge in [0.2, 0.25) is 0 Å². The van der Waals surface area contributed by atoms with E-state index in [1.165, 1.54) is 12.1 Å². The molecule has 4 nitrogen and oxygen atoms in total. The fraction of sp³-hybridized carbons (Fsp3) is 0.357. The van der Waals surface area contributed by atoms with Crippen LogP contribution in [-0.4, -0.2) is 34.7 Å². The maximum absolute atomic E-state index is 13.8. The molecule has 0 aliphatic rings. The van der Waals surface area contributed by atoms with Crippen LogP contribution in [0.25, 0.3) is 0 Å². The zero-order valence-corrected chi connectivity index (χ0v) is 12.2. The van der Waals surface area contributed by atoms with Gasteiger partial charge < -0.3 is 11.1 Å². The van der Waals surface area contributed by atoms with Gasteiger partial charge in [0.25, 0.3) is 5.91 Å². The van der Waals surface area contributed by atoms with E-state index in [2.05, 4.69) is 17.2 Å². The van der Waals surface area contributed by atoms with E-state index in [0.29, 0.717) is 11.3 Å². The second kappa shape index (κ2) is 7.78. The molecule has 1 rings (SSSR count). The number of nitrogens with one attached hydrogen (secondary N) is 1. The maximum Gasteiger partial charge on any atom is 0.254 e. The number of halogens is 1. The predicted octanol–water partition coefficient (Wildman–Crippen LogP) is 0.633. The van der Waals surface area contributed by atoms with Crippen molar-refractivity contribution in [2.45, 2.75) is 13.0 Å². The molecule has 6 heteroatoms. The van der Waals surface area contributed by atoms with E-state index in [4.69, 9.17) is 5.73 Å². The van der Waals surface area contributed by atoms with E-state index < -0.39 is 22.5 Å². The van der Waals surface area contributed by atoms with E-state index in [0.717, 1.165) is 0 Å². The van der Waals surface area contributed by atoms with Crippen molar-refractivity contribution in [1.29, 1.82) is 0 Å². The second-order valence-corrected chi connectivity index (χ2v) is 5.79. The molecular weight excluding hydrogens is 279 g/mol. The van der Waals surface area contributed by atoms with Crippen LogP contribution in [0.2, 0.25) is 0 Å². The Morgan fingerprint density at radius 1 is 1.55 bits per heavy atom. The highest BCUT2D eigenvalue weighted by molar-refractivity contribution is 7.84. The molecule has 0 aliphatic carbocycles. The molecule has 0 fully saturated rings. The van der Waals surface area contributed by atoms with E-state index in [-0.39, 0.29) is 18.2 Å². The summed E-state index contributed by atoms with van der Waals surface area (Å²) in [7, 11) is -1.02. The summed E-state index contributed by atoms with van der Waals surface area (Å²) in [5.74, 6) is 4.46. The average molecular weight is 296 g/mol. The van der Waals surface area contributed by atoms with Crippen LogP contribution in [0.1, 0.15) is 22.8 Å². The molecular formula is C14H17FN2O2S. The standard InChI is InChI=1S/C14H17FN2O2S/c1-10(9-20(2)19)17-14(18)12-6-5-11(4-3-7-16)8-13(12)15/h5-6,8,10H,7,9,16H2,1-2H3,(H,17,18). The van der Waals surface area contributed by atoms with Crippen molar-refractivity contribution in [3.63, 3.8) is 0 Å². The number of nitrogens with two attached hydrogens (primary N) is 1. The monoisotopic (exact) mass is 296 g/mol. The molecule has 1 aromatic rings. The van der Waals surface area contributed by atoms with Crippen molar-refractivity contribution < 1.29 is 13.4 Å². The number of benzene rings is 1. The molecule has 1 aromatic carbocycles. The smallest absolute Gasteiger partial charge is 0.254 e. The molecule has 0 spiro atoms. The second-order valence-electron chi connectivity index (χ2n) is 4.31. The first-order chi connectivity index (χ1) is 9.43. The Hall–Kier alpha value is -1.71. The minimum atomic E-state index is -1.02. The zero-order valence-electron chi connectivity index (χ0n) is 11.4. The van der Waals surface area contributed by atoms with Gasteiger partial charge in [-0.25, -0.2) is 4.39 Å². The molecule has 3 N–H and O–H groups in total. The Bertz CT molecular complexity index is 578. The molecule has 20 heavy (non-hydrogen) atoms. The van der Waals surface area contributed by atoms with Crippen LogP contribution >= 0.6 is 0 Å². The number of carbonyl (C=O) groups excluding carboxylic acids is 1. The molecule has 0 saturated carbocycles. The fourth-order valence-corrected chi connectivity index (χ4v) is 2.41. The largest absolute Gasteiger partial charge is 0.349 e. The topological polar surface area (TPSA) is 72.2 Å². The number of hydrogen-bond donors (Lipinski definition) is 2. The van der Waals surface area contributed by atoms with Gasteiger partial charge in [-0.2, -0.15) is 0 Å². The van der Waals surface area contributed by atoms with Crippen LogP contribution in [0.4, 0.5) is 4.39 Å². The Balaban J connectivity index is 2.81. The van der Waals surface area contributed by atoms with Crippen molar-refractivity contribution in [3.8, 4) is 11.8 Å². The quantitative estimate of drug-likeness (QED) is 0.801. The van der Waals surface area contributed by atoms with Crippen LogP contribution in [0.3, 0.4) is 0 Å². The van der Waals surface area contributed by atoms with Crippen molar-refractivity contribution >= 4 is 16.7 Å². The van der Waals surface area contributed by atoms with Crippen LogP contribution in [0, 0.1) is 17.7 Å². The number of carbonyl (C=O) groups is 1. The van der Waals surface area contributed by atoms with E-state index in [1.807, 2.05) is 0 Å². The summed E-state index contributed by atoms with van der Waals surface area (Å²) in [6.07, 6.45) is 1.55. The third kappa shape index (κ3) is 5.11. The predicted molar refractivity (Wildman–Crippen MR) is 78.2 cm³/mol. The molecule has 108 valence electrons. The Morgan fingerprint density at radius 2 is 2.25 bits per heavy atom. The zero-order chi connectivity index (χ0) is 15.1. The molecule has 2 unspecified atom stereocenters. The minimum Gasteiger partial charge on any atom is -0.349 e. The first-order valence-electron chi connectivity index (χ1n) is 6.03. The van der Waals surface area contributed by atoms with Gasteiger partial charge in [0.15, 0.2) is 0 Å². The number of hydrogen-bond acceptors (Lipinski definition) is 3. The lowest BCUT2D eigenvalue weighted by molar-refractivity contribution is 0.0939. The minimum absolute atomic E-state index is 0.0583. The molecule has 0 radical (unpaired) electrons. The van der Waals surface area contributed by atoms with Gasteiger partial charge in [0, 0.05) is 34.4 Å². The first-order valence-corrected chi connectivity index (χ1v) is 7.76. The summed E-state index contributed by atoms with van der Waals surface area (Å²) in [4.78, 5) is 11.9. The Labute approximate surface area is 120 Å². The summed E-state index contributed by atoms with van der Waals surface area (Å²) in [6.45, 7) is 1.91. The van der Waals surface area contributed by atoms with Gasteiger partial charge in [-0.3, -0.25) is 9.00 Å². The lowest BCUT2D eigenvalue weighted by Crippen LogP contribution is -2.36. The number of rotatable bonds is 4. The highest BCUT2D eigenvalue weighted by Gasteiger charge is 2.15. The summed E-state index contributed by atoms with van der Waals surface area (Å²) in [5, 5.41) is 2.60. The summed E-state index contributed by atoms with van der Waals surface area (Å²) < 4.78 is 24.9. The van der Waals surface area contributed by atoms with Crippen LogP contribution in [0.15, 0.2) is 18.2 Å². The fourth-order valence-electron chi connectivity index (χ4n) is 1.63. The maximum atomic E-state index is 13.8. The van der Waals surface area contributed by atoms with Gasteiger partial charge in [0.1, 0.15) is 5.82 Å². The van der Waals surface area contributed by atoms with Gasteiger partial charge in [-0.1, -0.05) is 11.8 Å². The molecule has 0 aliphatic heterocycles. The molecule has 0 heterocycles. The Morgan fingerprint density at radius 3 is 2.80 bits per heavy atom. The van der Waals surface area contributed by atoms with E-state index in [9.17, 15) is 13.4 Å². The number of amides is 1. The SMILES string of the molecule is CC(CS(C)=O)NC(=O)c1ccc(C#CCN)cc1F. The van der Waals surface area contributed by atoms with Gasteiger partial charge in [0.05, 0.1) is 12.1 Å². The van der Waals surface area contributed by atoms with E-state index >= 15 is 0 Å². The van der Waals surface area contributed by atoms with Crippen LogP contribution in [-0.2, 0) is 10.8 Å². The normalized spacial score (nSPS) is 13.0. The lowest BCUT2D eigenvalue weighted by atomic mass is 10.1. The lowest BCUT2D eigenvalue weighted by Gasteiger charge is -2.12. The van der Waals surface area contributed by atoms with Gasteiger partial charge >= 0.3 is 0 Å². The molecule has 0 bridgehead atoms. The molecule has 2 atom stereocenters. The molecule has 0 aromatic heterocycles. The third-order valence-corrected chi connectivity index (χ3v) is 3.38. The summed E-state index contributed by atoms with van der Waals surface area (Å²) in [6, 6.07) is 3.84. The molecule has 1 amide bonds. The highest BCUT2D eigenvalue weighted by atomic mass is 32.2. The van der Waals surface area contributed by atoms with Crippen LogP contribution in [0.5, 0.6) is 0 Å². The van der Waals surface area contributed by atoms with Crippen molar-refractivity contribution in [3.05, 3.63) is 35.1 Å².